The van der Waals surface area contributed by atoms with Crippen LogP contribution in [0, 0.1) is 0 Å². The number of ether oxygens (including phenoxy) is 1. The number of carbonyl (C=O) groups is 2. The summed E-state index contributed by atoms with van der Waals surface area (Å²) in [6.07, 6.45) is 4.91. The number of nitrogens with zero attached hydrogens (tertiary/aromatic N) is 2. The highest BCUT2D eigenvalue weighted by Gasteiger charge is 2.27. The first-order valence-electron chi connectivity index (χ1n) is 8.13. The molecule has 2 heterocycles. The summed E-state index contributed by atoms with van der Waals surface area (Å²) in [7, 11) is 0. The van der Waals surface area contributed by atoms with Crippen LogP contribution in [0.4, 0.5) is 0 Å². The van der Waals surface area contributed by atoms with Crippen molar-refractivity contribution in [2.75, 3.05) is 13.2 Å². The number of carbonyl (C=O) groups excluding carboxylic acids is 2. The van der Waals surface area contributed by atoms with Crippen LogP contribution in [-0.4, -0.2) is 40.8 Å². The Bertz CT molecular complexity index is 682. The minimum atomic E-state index is -0.531. The molecule has 1 aliphatic rings. The average molecular weight is 324 g/mol. The molecule has 0 unspecified atom stereocenters. The zero-order valence-electron chi connectivity index (χ0n) is 13.4. The van der Waals surface area contributed by atoms with Gasteiger partial charge in [-0.15, -0.1) is 0 Å². The van der Waals surface area contributed by atoms with E-state index in [1.807, 2.05) is 30.3 Å². The molecular weight excluding hydrogens is 304 g/mol. The number of amides is 1. The van der Waals surface area contributed by atoms with Crippen LogP contribution in [0.2, 0.25) is 0 Å². The van der Waals surface area contributed by atoms with Gasteiger partial charge in [-0.25, -0.2) is 0 Å². The average Bonchev–Trinajstić information content (AvgIpc) is 3.15. The van der Waals surface area contributed by atoms with Gasteiger partial charge < -0.3 is 9.64 Å². The van der Waals surface area contributed by atoms with Crippen molar-refractivity contribution in [3.63, 3.8) is 0 Å². The van der Waals surface area contributed by atoms with E-state index in [1.165, 1.54) is 6.20 Å². The Morgan fingerprint density at radius 3 is 2.67 bits per heavy atom. The zero-order chi connectivity index (χ0) is 16.8. The third kappa shape index (κ3) is 4.06. The molecule has 1 fully saturated rings. The summed E-state index contributed by atoms with van der Waals surface area (Å²) in [5.74, 6) is -1.04. The summed E-state index contributed by atoms with van der Waals surface area (Å²) >= 11 is 0. The van der Waals surface area contributed by atoms with Gasteiger partial charge in [0.15, 0.2) is 0 Å². The summed E-state index contributed by atoms with van der Waals surface area (Å²) in [6.45, 7) is 1.54. The van der Waals surface area contributed by atoms with Gasteiger partial charge in [-0.3, -0.25) is 14.6 Å². The smallest absolute Gasteiger partial charge is 0.295 e. The lowest BCUT2D eigenvalue weighted by Crippen LogP contribution is -2.40. The van der Waals surface area contributed by atoms with Crippen LogP contribution in [0.25, 0.3) is 0 Å². The minimum absolute atomic E-state index is 0.000592. The molecule has 1 aromatic carbocycles. The second-order valence-corrected chi connectivity index (χ2v) is 5.88. The number of Topliss-reactive ketones (excluding diaryl/α,β-unsaturated/α-hetero) is 1. The number of benzene rings is 1. The van der Waals surface area contributed by atoms with Gasteiger partial charge in [0.2, 0.25) is 0 Å². The number of aromatic nitrogens is 1. The van der Waals surface area contributed by atoms with Gasteiger partial charge in [-0.1, -0.05) is 30.3 Å². The quantitative estimate of drug-likeness (QED) is 0.605. The van der Waals surface area contributed by atoms with Crippen LogP contribution in [0.15, 0.2) is 54.9 Å². The molecule has 0 bridgehead atoms. The van der Waals surface area contributed by atoms with Crippen molar-refractivity contribution in [1.82, 2.24) is 9.88 Å². The van der Waals surface area contributed by atoms with Crippen molar-refractivity contribution in [1.29, 1.82) is 0 Å². The highest BCUT2D eigenvalue weighted by Crippen LogP contribution is 2.16. The first kappa shape index (κ1) is 16.3. The Balaban J connectivity index is 1.77. The van der Waals surface area contributed by atoms with Crippen LogP contribution in [0.3, 0.4) is 0 Å². The molecule has 2 aromatic rings. The summed E-state index contributed by atoms with van der Waals surface area (Å²) < 4.78 is 5.64. The molecule has 5 nitrogen and oxygen atoms in total. The molecule has 0 spiro atoms. The maximum absolute atomic E-state index is 12.7. The van der Waals surface area contributed by atoms with E-state index in [-0.39, 0.29) is 6.10 Å². The van der Waals surface area contributed by atoms with Crippen LogP contribution < -0.4 is 0 Å². The predicted molar refractivity (Wildman–Crippen MR) is 89.4 cm³/mol. The molecule has 0 N–H and O–H groups in total. The monoisotopic (exact) mass is 324 g/mol. The van der Waals surface area contributed by atoms with Crippen LogP contribution in [0.5, 0.6) is 0 Å². The molecule has 0 saturated carbocycles. The van der Waals surface area contributed by atoms with Gasteiger partial charge in [-0.2, -0.15) is 0 Å². The number of hydrogen-bond acceptors (Lipinski definition) is 4. The predicted octanol–water partition coefficient (Wildman–Crippen LogP) is 2.47. The van der Waals surface area contributed by atoms with Crippen LogP contribution in [-0.2, 0) is 16.1 Å². The van der Waals surface area contributed by atoms with Crippen molar-refractivity contribution in [2.45, 2.75) is 25.5 Å². The molecule has 3 rings (SSSR count). The molecule has 124 valence electrons. The fraction of sp³-hybridized carbons (Fsp3) is 0.316. The highest BCUT2D eigenvalue weighted by atomic mass is 16.5. The summed E-state index contributed by atoms with van der Waals surface area (Å²) in [5.41, 5.74) is 1.30. The topological polar surface area (TPSA) is 59.5 Å². The van der Waals surface area contributed by atoms with E-state index in [0.717, 1.165) is 18.4 Å². The van der Waals surface area contributed by atoms with Gasteiger partial charge >= 0.3 is 0 Å². The van der Waals surface area contributed by atoms with Crippen molar-refractivity contribution in [2.24, 2.45) is 0 Å². The zero-order valence-corrected chi connectivity index (χ0v) is 13.4. The summed E-state index contributed by atoms with van der Waals surface area (Å²) in [6, 6.07) is 12.9. The molecular formula is C19H20N2O3. The Labute approximate surface area is 141 Å². The third-order valence-corrected chi connectivity index (χ3v) is 4.07. The minimum Gasteiger partial charge on any atom is -0.376 e. The normalized spacial score (nSPS) is 16.8. The van der Waals surface area contributed by atoms with Gasteiger partial charge in [0, 0.05) is 37.7 Å². The van der Waals surface area contributed by atoms with E-state index in [9.17, 15) is 9.59 Å². The second kappa shape index (κ2) is 7.84. The first-order chi connectivity index (χ1) is 11.7. The molecule has 1 aliphatic heterocycles. The molecule has 1 saturated heterocycles. The Morgan fingerprint density at radius 2 is 2.00 bits per heavy atom. The van der Waals surface area contributed by atoms with E-state index in [4.69, 9.17) is 4.74 Å². The molecule has 1 atom stereocenters. The fourth-order valence-corrected chi connectivity index (χ4v) is 2.82. The van der Waals surface area contributed by atoms with Crippen LogP contribution in [0.1, 0.15) is 28.8 Å². The van der Waals surface area contributed by atoms with E-state index >= 15 is 0 Å². The van der Waals surface area contributed by atoms with Crippen molar-refractivity contribution in [3.05, 3.63) is 66.0 Å². The largest absolute Gasteiger partial charge is 0.376 e. The van der Waals surface area contributed by atoms with E-state index in [2.05, 4.69) is 4.98 Å². The third-order valence-electron chi connectivity index (χ3n) is 4.07. The van der Waals surface area contributed by atoms with Crippen molar-refractivity contribution >= 4 is 11.7 Å². The Hall–Kier alpha value is -2.53. The molecule has 1 amide bonds. The summed E-state index contributed by atoms with van der Waals surface area (Å²) in [4.78, 5) is 30.7. The maximum Gasteiger partial charge on any atom is 0.295 e. The number of ketones is 1. The summed E-state index contributed by atoms with van der Waals surface area (Å²) in [5, 5.41) is 0. The lowest BCUT2D eigenvalue weighted by atomic mass is 10.1. The Kier molecular flexibility index (Phi) is 5.33. The van der Waals surface area contributed by atoms with E-state index in [1.54, 1.807) is 23.2 Å². The Morgan fingerprint density at radius 1 is 1.17 bits per heavy atom. The van der Waals surface area contributed by atoms with Crippen molar-refractivity contribution < 1.29 is 14.3 Å². The highest BCUT2D eigenvalue weighted by molar-refractivity contribution is 6.42. The fourth-order valence-electron chi connectivity index (χ4n) is 2.82. The van der Waals surface area contributed by atoms with Gasteiger partial charge in [-0.05, 0) is 30.5 Å². The van der Waals surface area contributed by atoms with E-state index < -0.39 is 11.7 Å². The molecule has 24 heavy (non-hydrogen) atoms. The lowest BCUT2D eigenvalue weighted by Gasteiger charge is -2.25. The number of pyridine rings is 1. The van der Waals surface area contributed by atoms with Gasteiger partial charge in [0.05, 0.1) is 6.10 Å². The molecule has 5 heteroatoms. The van der Waals surface area contributed by atoms with Gasteiger partial charge in [0.25, 0.3) is 11.7 Å². The standard InChI is InChI=1S/C19H20N2O3/c22-18(16-8-4-10-20-12-16)19(23)21(14-17-9-5-11-24-17)13-15-6-2-1-3-7-15/h1-4,6-8,10,12,17H,5,9,11,13-14H2/t17-/m0/s1. The van der Waals surface area contributed by atoms with E-state index in [0.29, 0.717) is 25.3 Å². The molecule has 0 radical (unpaired) electrons. The second-order valence-electron chi connectivity index (χ2n) is 5.88. The number of rotatable bonds is 6. The lowest BCUT2D eigenvalue weighted by molar-refractivity contribution is -0.128. The van der Waals surface area contributed by atoms with Gasteiger partial charge in [0.1, 0.15) is 0 Å². The first-order valence-corrected chi connectivity index (χ1v) is 8.13. The SMILES string of the molecule is O=C(C(=O)N(Cc1ccccc1)C[C@@H]1CCCO1)c1cccnc1. The maximum atomic E-state index is 12.7. The number of hydrogen-bond donors (Lipinski definition) is 0. The molecule has 0 aliphatic carbocycles. The van der Waals surface area contributed by atoms with Crippen LogP contribution >= 0.6 is 0 Å². The molecule has 1 aromatic heterocycles. The van der Waals surface area contributed by atoms with Crippen molar-refractivity contribution in [3.8, 4) is 0 Å².